The topological polar surface area (TPSA) is 53.1 Å². The summed E-state index contributed by atoms with van der Waals surface area (Å²) in [5.41, 5.74) is 10.6. The Kier molecular flexibility index (Phi) is 3.03. The fourth-order valence-corrected chi connectivity index (χ4v) is 2.70. The predicted octanol–water partition coefficient (Wildman–Crippen LogP) is 2.14. The Morgan fingerprint density at radius 1 is 1.42 bits per heavy atom. The number of imidazole rings is 1. The summed E-state index contributed by atoms with van der Waals surface area (Å²) in [7, 11) is 1.70. The Bertz CT molecular complexity index is 603. The quantitative estimate of drug-likeness (QED) is 0.896. The van der Waals surface area contributed by atoms with Crippen molar-refractivity contribution in [2.75, 3.05) is 7.11 Å². The Balaban J connectivity index is 2.12. The molecule has 3 rings (SSSR count). The van der Waals surface area contributed by atoms with Crippen LogP contribution in [0.25, 0.3) is 11.3 Å². The zero-order chi connectivity index (χ0) is 13.4. The van der Waals surface area contributed by atoms with Gasteiger partial charge in [-0.2, -0.15) is 0 Å². The molecule has 100 valence electrons. The number of ether oxygens (including phenoxy) is 1. The van der Waals surface area contributed by atoms with E-state index in [0.29, 0.717) is 0 Å². The second-order valence-electron chi connectivity index (χ2n) is 5.19. The molecule has 1 aliphatic rings. The molecule has 1 atom stereocenters. The smallest absolute Gasteiger partial charge is 0.128 e. The Morgan fingerprint density at radius 2 is 2.26 bits per heavy atom. The molecule has 2 aromatic rings. The summed E-state index contributed by atoms with van der Waals surface area (Å²) in [5, 5.41) is 0. The number of aryl methyl sites for hydroxylation is 2. The molecule has 4 heteroatoms. The van der Waals surface area contributed by atoms with Crippen LogP contribution < -0.4 is 10.5 Å². The van der Waals surface area contributed by atoms with Gasteiger partial charge in [0.25, 0.3) is 0 Å². The average Bonchev–Trinajstić information content (AvgIpc) is 2.81. The molecule has 1 aliphatic heterocycles. The highest BCUT2D eigenvalue weighted by molar-refractivity contribution is 5.70. The number of hydrogen-bond donors (Lipinski definition) is 1. The number of hydrogen-bond acceptors (Lipinski definition) is 3. The van der Waals surface area contributed by atoms with E-state index in [9.17, 15) is 0 Å². The standard InChI is InChI=1S/C15H19N3O/c1-10-3-4-14(19-2)12(7-10)15-13-8-11(16)5-6-18(13)9-17-15/h3-4,7,9,11H,5-6,8,16H2,1-2H3. The third kappa shape index (κ3) is 2.12. The van der Waals surface area contributed by atoms with E-state index in [2.05, 4.69) is 28.6 Å². The van der Waals surface area contributed by atoms with Crippen LogP contribution in [-0.2, 0) is 13.0 Å². The van der Waals surface area contributed by atoms with Gasteiger partial charge < -0.3 is 15.0 Å². The normalized spacial score (nSPS) is 18.2. The highest BCUT2D eigenvalue weighted by Crippen LogP contribution is 2.33. The van der Waals surface area contributed by atoms with Crippen molar-refractivity contribution in [3.63, 3.8) is 0 Å². The molecule has 0 saturated carbocycles. The number of nitrogens with zero attached hydrogens (tertiary/aromatic N) is 2. The maximum atomic E-state index is 6.08. The Labute approximate surface area is 113 Å². The molecular weight excluding hydrogens is 238 g/mol. The third-order valence-corrected chi connectivity index (χ3v) is 3.75. The monoisotopic (exact) mass is 257 g/mol. The number of aromatic nitrogens is 2. The van der Waals surface area contributed by atoms with E-state index in [-0.39, 0.29) is 6.04 Å². The number of benzene rings is 1. The van der Waals surface area contributed by atoms with Crippen molar-refractivity contribution in [3.05, 3.63) is 35.8 Å². The zero-order valence-electron chi connectivity index (χ0n) is 11.4. The van der Waals surface area contributed by atoms with Crippen molar-refractivity contribution >= 4 is 0 Å². The van der Waals surface area contributed by atoms with Crippen LogP contribution in [0.3, 0.4) is 0 Å². The number of methoxy groups -OCH3 is 1. The van der Waals surface area contributed by atoms with Crippen LogP contribution in [0.15, 0.2) is 24.5 Å². The minimum Gasteiger partial charge on any atom is -0.496 e. The van der Waals surface area contributed by atoms with E-state index >= 15 is 0 Å². The lowest BCUT2D eigenvalue weighted by atomic mass is 9.99. The van der Waals surface area contributed by atoms with Crippen LogP contribution in [-0.4, -0.2) is 22.7 Å². The van der Waals surface area contributed by atoms with Crippen LogP contribution in [0, 0.1) is 6.92 Å². The van der Waals surface area contributed by atoms with Gasteiger partial charge in [0, 0.05) is 30.3 Å². The molecule has 19 heavy (non-hydrogen) atoms. The molecule has 1 aromatic carbocycles. The first kappa shape index (κ1) is 12.2. The first-order valence-electron chi connectivity index (χ1n) is 6.63. The second-order valence-corrected chi connectivity index (χ2v) is 5.19. The maximum Gasteiger partial charge on any atom is 0.128 e. The van der Waals surface area contributed by atoms with Crippen LogP contribution in [0.2, 0.25) is 0 Å². The summed E-state index contributed by atoms with van der Waals surface area (Å²) < 4.78 is 7.67. The number of nitrogens with two attached hydrogens (primary N) is 1. The summed E-state index contributed by atoms with van der Waals surface area (Å²) in [6.45, 7) is 3.04. The van der Waals surface area contributed by atoms with Gasteiger partial charge in [-0.15, -0.1) is 0 Å². The molecule has 0 fully saturated rings. The van der Waals surface area contributed by atoms with Gasteiger partial charge in [0.15, 0.2) is 0 Å². The summed E-state index contributed by atoms with van der Waals surface area (Å²) in [5.74, 6) is 0.867. The van der Waals surface area contributed by atoms with Gasteiger partial charge in [0.2, 0.25) is 0 Å². The lowest BCUT2D eigenvalue weighted by Gasteiger charge is -2.21. The molecule has 0 saturated heterocycles. The molecule has 0 amide bonds. The largest absolute Gasteiger partial charge is 0.496 e. The third-order valence-electron chi connectivity index (χ3n) is 3.75. The average molecular weight is 257 g/mol. The first-order chi connectivity index (χ1) is 9.19. The van der Waals surface area contributed by atoms with E-state index < -0.39 is 0 Å². The van der Waals surface area contributed by atoms with Crippen LogP contribution in [0.1, 0.15) is 17.7 Å². The number of rotatable bonds is 2. The minimum atomic E-state index is 0.235. The molecule has 1 unspecified atom stereocenters. The van der Waals surface area contributed by atoms with Crippen molar-refractivity contribution in [1.29, 1.82) is 0 Å². The van der Waals surface area contributed by atoms with E-state index in [4.69, 9.17) is 10.5 Å². The second kappa shape index (κ2) is 4.70. The van der Waals surface area contributed by atoms with Gasteiger partial charge in [-0.05, 0) is 25.5 Å². The van der Waals surface area contributed by atoms with Crippen LogP contribution in [0.5, 0.6) is 5.75 Å². The fourth-order valence-electron chi connectivity index (χ4n) is 2.70. The molecule has 0 bridgehead atoms. The Hall–Kier alpha value is -1.81. The molecule has 0 aliphatic carbocycles. The highest BCUT2D eigenvalue weighted by atomic mass is 16.5. The summed E-state index contributed by atoms with van der Waals surface area (Å²) in [6, 6.07) is 6.41. The van der Waals surface area contributed by atoms with Gasteiger partial charge >= 0.3 is 0 Å². The van der Waals surface area contributed by atoms with E-state index in [0.717, 1.165) is 36.4 Å². The van der Waals surface area contributed by atoms with Gasteiger partial charge in [-0.3, -0.25) is 0 Å². The van der Waals surface area contributed by atoms with Gasteiger partial charge in [0.1, 0.15) is 5.75 Å². The van der Waals surface area contributed by atoms with Crippen LogP contribution in [0.4, 0.5) is 0 Å². The van der Waals surface area contributed by atoms with Crippen molar-refractivity contribution in [2.45, 2.75) is 32.4 Å². The van der Waals surface area contributed by atoms with Gasteiger partial charge in [-0.1, -0.05) is 11.6 Å². The SMILES string of the molecule is COc1ccc(C)cc1-c1ncn2c1CC(N)CC2. The maximum absolute atomic E-state index is 6.08. The summed E-state index contributed by atoms with van der Waals surface area (Å²) in [4.78, 5) is 4.58. The molecular formula is C15H19N3O. The fraction of sp³-hybridized carbons (Fsp3) is 0.400. The van der Waals surface area contributed by atoms with E-state index in [1.807, 2.05) is 12.4 Å². The molecule has 4 nitrogen and oxygen atoms in total. The zero-order valence-corrected chi connectivity index (χ0v) is 11.4. The minimum absolute atomic E-state index is 0.235. The Morgan fingerprint density at radius 3 is 3.05 bits per heavy atom. The lowest BCUT2D eigenvalue weighted by molar-refractivity contribution is 0.416. The summed E-state index contributed by atoms with van der Waals surface area (Å²) in [6.07, 6.45) is 3.82. The van der Waals surface area contributed by atoms with Crippen molar-refractivity contribution in [2.24, 2.45) is 5.73 Å². The summed E-state index contributed by atoms with van der Waals surface area (Å²) >= 11 is 0. The van der Waals surface area contributed by atoms with Crippen molar-refractivity contribution < 1.29 is 4.74 Å². The van der Waals surface area contributed by atoms with Gasteiger partial charge in [-0.25, -0.2) is 4.98 Å². The molecule has 1 aromatic heterocycles. The highest BCUT2D eigenvalue weighted by Gasteiger charge is 2.22. The van der Waals surface area contributed by atoms with Crippen molar-refractivity contribution in [1.82, 2.24) is 9.55 Å². The van der Waals surface area contributed by atoms with E-state index in [1.165, 1.54) is 11.3 Å². The first-order valence-corrected chi connectivity index (χ1v) is 6.63. The molecule has 0 radical (unpaired) electrons. The molecule has 0 spiro atoms. The predicted molar refractivity (Wildman–Crippen MR) is 75.2 cm³/mol. The van der Waals surface area contributed by atoms with Crippen molar-refractivity contribution in [3.8, 4) is 17.0 Å². The molecule has 2 N–H and O–H groups in total. The van der Waals surface area contributed by atoms with Crippen LogP contribution >= 0.6 is 0 Å². The number of fused-ring (bicyclic) bond motifs is 1. The lowest BCUT2D eigenvalue weighted by Crippen LogP contribution is -2.30. The van der Waals surface area contributed by atoms with E-state index in [1.54, 1.807) is 7.11 Å². The van der Waals surface area contributed by atoms with Gasteiger partial charge in [0.05, 0.1) is 19.1 Å². The molecule has 2 heterocycles.